The molecule has 1 saturated heterocycles. The number of rotatable bonds is 6. The lowest BCUT2D eigenvalue weighted by atomic mass is 10.2. The Morgan fingerprint density at radius 1 is 0.973 bits per heavy atom. The highest BCUT2D eigenvalue weighted by molar-refractivity contribution is 5.82. The number of nitrogens with zero attached hydrogens (tertiary/aromatic N) is 6. The Balaban J connectivity index is 1.10. The van der Waals surface area contributed by atoms with E-state index in [1.807, 2.05) is 30.3 Å². The Labute approximate surface area is 211 Å². The van der Waals surface area contributed by atoms with Crippen molar-refractivity contribution in [3.8, 4) is 11.5 Å². The minimum atomic E-state index is -0.823. The van der Waals surface area contributed by atoms with E-state index < -0.39 is 11.6 Å². The van der Waals surface area contributed by atoms with Gasteiger partial charge >= 0.3 is 0 Å². The second-order valence-electron chi connectivity index (χ2n) is 9.00. The van der Waals surface area contributed by atoms with E-state index in [4.69, 9.17) is 4.52 Å². The molecule has 2 aromatic carbocycles. The number of H-pyrrole nitrogens is 1. The number of anilines is 3. The van der Waals surface area contributed by atoms with E-state index in [2.05, 4.69) is 40.2 Å². The van der Waals surface area contributed by atoms with Crippen LogP contribution in [0.1, 0.15) is 11.4 Å². The van der Waals surface area contributed by atoms with Crippen LogP contribution in [0.4, 0.5) is 26.2 Å². The van der Waals surface area contributed by atoms with Gasteiger partial charge in [0.25, 0.3) is 5.89 Å². The summed E-state index contributed by atoms with van der Waals surface area (Å²) < 4.78 is 32.1. The minimum absolute atomic E-state index is 0.462. The van der Waals surface area contributed by atoms with Crippen LogP contribution < -0.4 is 10.2 Å². The summed E-state index contributed by atoms with van der Waals surface area (Å²) in [5.74, 6) is 0.671. The molecule has 1 aliphatic rings. The van der Waals surface area contributed by atoms with Gasteiger partial charge in [0.05, 0.1) is 11.0 Å². The Bertz CT molecular complexity index is 1560. The fourth-order valence-corrected chi connectivity index (χ4v) is 4.48. The third kappa shape index (κ3) is 4.98. The van der Waals surface area contributed by atoms with Gasteiger partial charge in [0.15, 0.2) is 17.5 Å². The molecular weight excluding hydrogens is 478 g/mol. The molecule has 0 aliphatic carbocycles. The second-order valence-corrected chi connectivity index (χ2v) is 9.00. The number of hydrogen-bond donors (Lipinski definition) is 2. The predicted octanol–water partition coefficient (Wildman–Crippen LogP) is 4.66. The number of aryl methyl sites for hydroxylation is 1. The number of piperazine rings is 1. The summed E-state index contributed by atoms with van der Waals surface area (Å²) in [6.45, 7) is 5.65. The standard InChI is InChI=1S/C26H24F2N8O/c1-16-30-25(37-34-16)18-2-5-22-23(13-18)32-26(31-22)33-24-12-17(6-7-29-24)15-35-8-10-36(11-9-35)19-3-4-20(27)21(28)14-19/h2-7,12-14H,8-11,15H2,1H3,(H2,29,31,32,33). The molecule has 1 aliphatic heterocycles. The lowest BCUT2D eigenvalue weighted by Gasteiger charge is -2.36. The Morgan fingerprint density at radius 3 is 2.62 bits per heavy atom. The van der Waals surface area contributed by atoms with Gasteiger partial charge in [0.1, 0.15) is 5.82 Å². The predicted molar refractivity (Wildman–Crippen MR) is 135 cm³/mol. The van der Waals surface area contributed by atoms with Gasteiger partial charge in [0.2, 0.25) is 5.95 Å². The average molecular weight is 503 g/mol. The van der Waals surface area contributed by atoms with Gasteiger partial charge in [-0.25, -0.2) is 18.7 Å². The molecule has 0 bridgehead atoms. The molecule has 0 spiro atoms. The molecule has 0 unspecified atom stereocenters. The summed E-state index contributed by atoms with van der Waals surface area (Å²) >= 11 is 0. The molecule has 188 valence electrons. The molecule has 4 heterocycles. The number of aromatic amines is 1. The smallest absolute Gasteiger partial charge is 0.257 e. The summed E-state index contributed by atoms with van der Waals surface area (Å²) in [6.07, 6.45) is 1.77. The number of benzene rings is 2. The molecule has 9 nitrogen and oxygen atoms in total. The van der Waals surface area contributed by atoms with Crippen molar-refractivity contribution in [1.82, 2.24) is 30.0 Å². The van der Waals surface area contributed by atoms with Gasteiger partial charge in [-0.1, -0.05) is 5.16 Å². The third-order valence-corrected chi connectivity index (χ3v) is 6.37. The summed E-state index contributed by atoms with van der Waals surface area (Å²) in [6, 6.07) is 13.8. The number of halogens is 2. The SMILES string of the molecule is Cc1noc(-c2ccc3nc(Nc4cc(CN5CCN(c6ccc(F)c(F)c6)CC5)ccn4)[nH]c3c2)n1. The number of pyridine rings is 1. The summed E-state index contributed by atoms with van der Waals surface area (Å²) in [4.78, 5) is 21.0. The van der Waals surface area contributed by atoms with Gasteiger partial charge in [-0.2, -0.15) is 4.98 Å². The Hall–Kier alpha value is -4.38. The van der Waals surface area contributed by atoms with Crippen molar-refractivity contribution in [2.45, 2.75) is 13.5 Å². The number of aromatic nitrogens is 5. The maximum Gasteiger partial charge on any atom is 0.257 e. The van der Waals surface area contributed by atoms with Crippen molar-refractivity contribution < 1.29 is 13.3 Å². The lowest BCUT2D eigenvalue weighted by molar-refractivity contribution is 0.250. The zero-order valence-electron chi connectivity index (χ0n) is 20.1. The zero-order valence-corrected chi connectivity index (χ0v) is 20.1. The van der Waals surface area contributed by atoms with Crippen molar-refractivity contribution in [2.75, 3.05) is 36.4 Å². The lowest BCUT2D eigenvalue weighted by Crippen LogP contribution is -2.46. The molecule has 37 heavy (non-hydrogen) atoms. The topological polar surface area (TPSA) is 99.0 Å². The molecule has 11 heteroatoms. The zero-order chi connectivity index (χ0) is 25.4. The van der Waals surface area contributed by atoms with Gasteiger partial charge < -0.3 is 19.7 Å². The van der Waals surface area contributed by atoms with Crippen LogP contribution in [-0.2, 0) is 6.54 Å². The van der Waals surface area contributed by atoms with Crippen LogP contribution in [0.25, 0.3) is 22.5 Å². The Morgan fingerprint density at radius 2 is 1.84 bits per heavy atom. The normalized spacial score (nSPS) is 14.4. The second kappa shape index (κ2) is 9.58. The molecule has 0 amide bonds. The van der Waals surface area contributed by atoms with Crippen LogP contribution in [-0.4, -0.2) is 56.2 Å². The van der Waals surface area contributed by atoms with E-state index in [-0.39, 0.29) is 0 Å². The molecule has 2 N–H and O–H groups in total. The maximum absolute atomic E-state index is 13.6. The van der Waals surface area contributed by atoms with Crippen molar-refractivity contribution in [3.63, 3.8) is 0 Å². The summed E-state index contributed by atoms with van der Waals surface area (Å²) in [7, 11) is 0. The van der Waals surface area contributed by atoms with Crippen molar-refractivity contribution in [1.29, 1.82) is 0 Å². The van der Waals surface area contributed by atoms with E-state index in [0.29, 0.717) is 29.2 Å². The van der Waals surface area contributed by atoms with Gasteiger partial charge in [0, 0.05) is 56.2 Å². The Kier molecular flexibility index (Phi) is 5.97. The van der Waals surface area contributed by atoms with Crippen LogP contribution in [0.2, 0.25) is 0 Å². The largest absolute Gasteiger partial charge is 0.369 e. The van der Waals surface area contributed by atoms with Crippen LogP contribution in [0.5, 0.6) is 0 Å². The highest BCUT2D eigenvalue weighted by Crippen LogP contribution is 2.25. The van der Waals surface area contributed by atoms with Crippen molar-refractivity contribution in [3.05, 3.63) is 77.8 Å². The van der Waals surface area contributed by atoms with Gasteiger partial charge in [-0.3, -0.25) is 4.90 Å². The minimum Gasteiger partial charge on any atom is -0.369 e. The number of fused-ring (bicyclic) bond motifs is 1. The van der Waals surface area contributed by atoms with E-state index in [1.165, 1.54) is 12.1 Å². The molecule has 0 saturated carbocycles. The molecular formula is C26H24F2N8O. The fourth-order valence-electron chi connectivity index (χ4n) is 4.48. The van der Waals surface area contributed by atoms with E-state index in [1.54, 1.807) is 19.2 Å². The fraction of sp³-hybridized carbons (Fsp3) is 0.231. The van der Waals surface area contributed by atoms with Gasteiger partial charge in [-0.05, 0) is 55.0 Å². The average Bonchev–Trinajstić information content (AvgIpc) is 3.51. The quantitative estimate of drug-likeness (QED) is 0.346. The van der Waals surface area contributed by atoms with Crippen LogP contribution >= 0.6 is 0 Å². The van der Waals surface area contributed by atoms with Crippen molar-refractivity contribution >= 4 is 28.5 Å². The van der Waals surface area contributed by atoms with E-state index in [9.17, 15) is 8.78 Å². The first-order valence-corrected chi connectivity index (χ1v) is 11.9. The summed E-state index contributed by atoms with van der Waals surface area (Å²) in [5.41, 5.74) is 4.28. The number of imidazole rings is 1. The first-order chi connectivity index (χ1) is 18.0. The highest BCUT2D eigenvalue weighted by atomic mass is 19.2. The van der Waals surface area contributed by atoms with E-state index in [0.717, 1.165) is 54.9 Å². The third-order valence-electron chi connectivity index (χ3n) is 6.37. The van der Waals surface area contributed by atoms with Gasteiger partial charge in [-0.15, -0.1) is 0 Å². The number of hydrogen-bond acceptors (Lipinski definition) is 8. The van der Waals surface area contributed by atoms with Crippen molar-refractivity contribution in [2.24, 2.45) is 0 Å². The van der Waals surface area contributed by atoms with E-state index >= 15 is 0 Å². The van der Waals surface area contributed by atoms with Crippen LogP contribution in [0.3, 0.4) is 0 Å². The first-order valence-electron chi connectivity index (χ1n) is 11.9. The molecule has 1 fully saturated rings. The summed E-state index contributed by atoms with van der Waals surface area (Å²) in [5, 5.41) is 7.09. The number of nitrogens with one attached hydrogen (secondary N) is 2. The molecule has 0 radical (unpaired) electrons. The maximum atomic E-state index is 13.6. The molecule has 0 atom stereocenters. The van der Waals surface area contributed by atoms with Crippen LogP contribution in [0, 0.1) is 18.6 Å². The van der Waals surface area contributed by atoms with Crippen LogP contribution in [0.15, 0.2) is 59.3 Å². The molecule has 5 aromatic rings. The molecule has 6 rings (SSSR count). The first kappa shape index (κ1) is 23.0. The highest BCUT2D eigenvalue weighted by Gasteiger charge is 2.19. The monoisotopic (exact) mass is 502 g/mol. The molecule has 3 aromatic heterocycles.